The van der Waals surface area contributed by atoms with E-state index >= 15 is 0 Å². The molecule has 1 fully saturated rings. The van der Waals surface area contributed by atoms with E-state index in [2.05, 4.69) is 15.5 Å². The van der Waals surface area contributed by atoms with Gasteiger partial charge in [-0.15, -0.1) is 0 Å². The van der Waals surface area contributed by atoms with Gasteiger partial charge in [0, 0.05) is 35.1 Å². The number of amides is 2. The van der Waals surface area contributed by atoms with Crippen LogP contribution in [-0.4, -0.2) is 55.5 Å². The first-order valence-corrected chi connectivity index (χ1v) is 10.6. The van der Waals surface area contributed by atoms with Gasteiger partial charge in [-0.3, -0.25) is 14.5 Å². The van der Waals surface area contributed by atoms with Gasteiger partial charge in [-0.2, -0.15) is 11.3 Å². The quantitative estimate of drug-likeness (QED) is 0.643. The van der Waals surface area contributed by atoms with Gasteiger partial charge in [0.05, 0.1) is 13.1 Å². The summed E-state index contributed by atoms with van der Waals surface area (Å²) in [5.41, 5.74) is 0.715. The maximum Gasteiger partial charge on any atom is 0.252 e. The molecule has 0 spiro atoms. The Morgan fingerprint density at radius 1 is 1.18 bits per heavy atom. The molecule has 1 aliphatic rings. The molecule has 2 amide bonds. The van der Waals surface area contributed by atoms with Crippen LogP contribution >= 0.6 is 22.9 Å². The van der Waals surface area contributed by atoms with Crippen molar-refractivity contribution in [2.75, 3.05) is 32.8 Å². The molecule has 6 nitrogen and oxygen atoms in total. The normalized spacial score (nSPS) is 15.2. The van der Waals surface area contributed by atoms with Crippen molar-refractivity contribution in [2.24, 2.45) is 0 Å². The topological polar surface area (TPSA) is 70.7 Å². The number of carbonyl (C=O) groups is 2. The fourth-order valence-electron chi connectivity index (χ4n) is 3.05. The summed E-state index contributed by atoms with van der Waals surface area (Å²) in [5.74, 6) is 0.698. The predicted molar refractivity (Wildman–Crippen MR) is 111 cm³/mol. The second kappa shape index (κ2) is 10.5. The number of halogens is 1. The van der Waals surface area contributed by atoms with Crippen LogP contribution in [0.2, 0.25) is 5.02 Å². The Labute approximate surface area is 173 Å². The summed E-state index contributed by atoms with van der Waals surface area (Å²) >= 11 is 7.34. The Balaban J connectivity index is 1.28. The van der Waals surface area contributed by atoms with Crippen molar-refractivity contribution < 1.29 is 14.3 Å². The van der Waals surface area contributed by atoms with E-state index < -0.39 is 0 Å². The minimum Gasteiger partial charge on any atom is -0.492 e. The lowest BCUT2D eigenvalue weighted by Crippen LogP contribution is -2.47. The Bertz CT molecular complexity index is 760. The molecule has 8 heteroatoms. The Kier molecular flexibility index (Phi) is 7.71. The molecule has 0 aliphatic carbocycles. The molecule has 1 aromatic carbocycles. The number of rotatable bonds is 8. The van der Waals surface area contributed by atoms with Gasteiger partial charge in [0.15, 0.2) is 0 Å². The summed E-state index contributed by atoms with van der Waals surface area (Å²) < 4.78 is 5.56. The number of benzene rings is 1. The first-order valence-electron chi connectivity index (χ1n) is 9.30. The molecule has 0 atom stereocenters. The highest BCUT2D eigenvalue weighted by molar-refractivity contribution is 7.08. The number of thiophene rings is 1. The van der Waals surface area contributed by atoms with Crippen molar-refractivity contribution in [1.82, 2.24) is 15.5 Å². The molecule has 0 bridgehead atoms. The van der Waals surface area contributed by atoms with Gasteiger partial charge in [-0.1, -0.05) is 11.6 Å². The smallest absolute Gasteiger partial charge is 0.252 e. The van der Waals surface area contributed by atoms with Crippen LogP contribution in [-0.2, 0) is 4.79 Å². The number of hydrogen-bond donors (Lipinski definition) is 2. The number of likely N-dealkylation sites (tertiary alicyclic amines) is 1. The van der Waals surface area contributed by atoms with Gasteiger partial charge < -0.3 is 15.4 Å². The Morgan fingerprint density at radius 3 is 2.61 bits per heavy atom. The predicted octanol–water partition coefficient (Wildman–Crippen LogP) is 2.79. The number of ether oxygens (including phenoxy) is 1. The zero-order valence-corrected chi connectivity index (χ0v) is 17.1. The first-order chi connectivity index (χ1) is 13.6. The molecular formula is C20H24ClN3O3S. The van der Waals surface area contributed by atoms with Crippen LogP contribution in [0.15, 0.2) is 41.1 Å². The van der Waals surface area contributed by atoms with Crippen molar-refractivity contribution in [3.63, 3.8) is 0 Å². The van der Waals surface area contributed by atoms with Crippen LogP contribution in [0.5, 0.6) is 5.75 Å². The highest BCUT2D eigenvalue weighted by atomic mass is 35.5. The highest BCUT2D eigenvalue weighted by Crippen LogP contribution is 2.15. The molecule has 1 saturated heterocycles. The van der Waals surface area contributed by atoms with E-state index in [4.69, 9.17) is 16.3 Å². The molecule has 28 heavy (non-hydrogen) atoms. The molecular weight excluding hydrogens is 398 g/mol. The fraction of sp³-hybridized carbons (Fsp3) is 0.400. The van der Waals surface area contributed by atoms with Crippen molar-refractivity contribution in [3.8, 4) is 5.75 Å². The highest BCUT2D eigenvalue weighted by Gasteiger charge is 2.22. The number of hydrogen-bond acceptors (Lipinski definition) is 5. The molecule has 2 heterocycles. The molecule has 0 saturated carbocycles. The average molecular weight is 422 g/mol. The van der Waals surface area contributed by atoms with E-state index in [9.17, 15) is 9.59 Å². The Hall–Kier alpha value is -2.09. The lowest BCUT2D eigenvalue weighted by molar-refractivity contribution is -0.122. The molecule has 1 aromatic heterocycles. The largest absolute Gasteiger partial charge is 0.492 e. The third-order valence-corrected chi connectivity index (χ3v) is 5.52. The molecule has 0 unspecified atom stereocenters. The summed E-state index contributed by atoms with van der Waals surface area (Å²) in [5, 5.41) is 10.4. The monoisotopic (exact) mass is 421 g/mol. The second-order valence-corrected chi connectivity index (χ2v) is 7.90. The molecule has 0 radical (unpaired) electrons. The second-order valence-electron chi connectivity index (χ2n) is 6.69. The van der Waals surface area contributed by atoms with Crippen molar-refractivity contribution in [1.29, 1.82) is 0 Å². The van der Waals surface area contributed by atoms with Crippen molar-refractivity contribution in [2.45, 2.75) is 18.9 Å². The average Bonchev–Trinajstić information content (AvgIpc) is 3.23. The van der Waals surface area contributed by atoms with Gasteiger partial charge in [0.25, 0.3) is 5.91 Å². The lowest BCUT2D eigenvalue weighted by Gasteiger charge is -2.31. The van der Waals surface area contributed by atoms with E-state index in [1.54, 1.807) is 24.3 Å². The molecule has 3 rings (SSSR count). The standard InChI is InChI=1S/C20H24ClN3O3S/c21-16-1-3-18(4-2-16)27-11-8-22-19(25)13-24-9-5-17(6-10-24)23-20(26)15-7-12-28-14-15/h1-4,7,12,14,17H,5-6,8-11,13H2,(H,22,25)(H,23,26). The van der Waals surface area contributed by atoms with Crippen LogP contribution < -0.4 is 15.4 Å². The lowest BCUT2D eigenvalue weighted by atomic mass is 10.0. The summed E-state index contributed by atoms with van der Waals surface area (Å²) in [6, 6.07) is 9.12. The van der Waals surface area contributed by atoms with E-state index in [1.165, 1.54) is 11.3 Å². The molecule has 2 N–H and O–H groups in total. The van der Waals surface area contributed by atoms with E-state index in [-0.39, 0.29) is 17.9 Å². The van der Waals surface area contributed by atoms with Crippen LogP contribution in [0.1, 0.15) is 23.2 Å². The fourth-order valence-corrected chi connectivity index (χ4v) is 3.81. The third kappa shape index (κ3) is 6.51. The van der Waals surface area contributed by atoms with Gasteiger partial charge in [-0.05, 0) is 48.6 Å². The van der Waals surface area contributed by atoms with Gasteiger partial charge in [-0.25, -0.2) is 0 Å². The maximum atomic E-state index is 12.1. The van der Waals surface area contributed by atoms with E-state index in [0.29, 0.717) is 30.3 Å². The van der Waals surface area contributed by atoms with E-state index in [1.807, 2.05) is 16.8 Å². The maximum absolute atomic E-state index is 12.1. The minimum absolute atomic E-state index is 0.0135. The molecule has 2 aromatic rings. The minimum atomic E-state index is -0.0156. The number of nitrogens with one attached hydrogen (secondary N) is 2. The Morgan fingerprint density at radius 2 is 1.93 bits per heavy atom. The van der Waals surface area contributed by atoms with E-state index in [0.717, 1.165) is 31.7 Å². The summed E-state index contributed by atoms with van der Waals surface area (Å²) in [6.45, 7) is 2.82. The van der Waals surface area contributed by atoms with Crippen LogP contribution in [0, 0.1) is 0 Å². The van der Waals surface area contributed by atoms with Gasteiger partial charge >= 0.3 is 0 Å². The number of piperidine rings is 1. The SMILES string of the molecule is O=C(CN1CCC(NC(=O)c2ccsc2)CC1)NCCOc1ccc(Cl)cc1. The number of nitrogens with zero attached hydrogens (tertiary/aromatic N) is 1. The summed E-state index contributed by atoms with van der Waals surface area (Å²) in [4.78, 5) is 26.3. The zero-order chi connectivity index (χ0) is 19.8. The summed E-state index contributed by atoms with van der Waals surface area (Å²) in [7, 11) is 0. The van der Waals surface area contributed by atoms with Crippen LogP contribution in [0.3, 0.4) is 0 Å². The first kappa shape index (κ1) is 20.6. The van der Waals surface area contributed by atoms with Crippen LogP contribution in [0.4, 0.5) is 0 Å². The number of carbonyl (C=O) groups excluding carboxylic acids is 2. The van der Waals surface area contributed by atoms with Crippen LogP contribution in [0.25, 0.3) is 0 Å². The van der Waals surface area contributed by atoms with Gasteiger partial charge in [0.1, 0.15) is 12.4 Å². The summed E-state index contributed by atoms with van der Waals surface area (Å²) in [6.07, 6.45) is 1.70. The molecule has 150 valence electrons. The zero-order valence-electron chi connectivity index (χ0n) is 15.5. The third-order valence-electron chi connectivity index (χ3n) is 4.58. The van der Waals surface area contributed by atoms with Crippen molar-refractivity contribution in [3.05, 3.63) is 51.7 Å². The van der Waals surface area contributed by atoms with Gasteiger partial charge in [0.2, 0.25) is 5.91 Å². The molecule has 1 aliphatic heterocycles. The van der Waals surface area contributed by atoms with Crippen molar-refractivity contribution >= 4 is 34.8 Å².